The van der Waals surface area contributed by atoms with Gasteiger partial charge in [-0.25, -0.2) is 4.98 Å². The minimum atomic E-state index is 0.102. The Balaban J connectivity index is 1.29. The van der Waals surface area contributed by atoms with Crippen LogP contribution < -0.4 is 27.3 Å². The fourth-order valence-electron chi connectivity index (χ4n) is 8.21. The summed E-state index contributed by atoms with van der Waals surface area (Å²) in [6.45, 7) is 0. The second-order valence-corrected chi connectivity index (χ2v) is 13.9. The zero-order chi connectivity index (χ0) is 37.8. The molecule has 0 atom stereocenters. The minimum absolute atomic E-state index is 0.102. The molecule has 10 radical (unpaired) electrons. The second-order valence-electron chi connectivity index (χ2n) is 13.9. The Hall–Kier alpha value is -6.73. The molecule has 0 amide bonds. The maximum Gasteiger partial charge on any atom is 0.238 e. The molecular formula is C45H22B5N5O. The molecule has 0 fully saturated rings. The van der Waals surface area contributed by atoms with Crippen LogP contribution in [-0.2, 0) is 0 Å². The van der Waals surface area contributed by atoms with Gasteiger partial charge < -0.3 is 8.98 Å². The first-order chi connectivity index (χ1) is 27.4. The second kappa shape index (κ2) is 12.1. The SMILES string of the molecule is [B]c1c([B])c([B])c(-c2nc(-c3ccc4c(c3)oc3ccccc34)nc(-n3c4ccccc4c4ccc5c6ccccc6n(-c6ccccc6)c5c43)n2)c([B])c1[B]. The summed E-state index contributed by atoms with van der Waals surface area (Å²) in [6.07, 6.45) is 0. The topological polar surface area (TPSA) is 61.7 Å². The monoisotopic (exact) mass is 703 g/mol. The van der Waals surface area contributed by atoms with Gasteiger partial charge in [0, 0.05) is 49.1 Å². The van der Waals surface area contributed by atoms with Gasteiger partial charge in [0.25, 0.3) is 0 Å². The molecule has 7 aromatic carbocycles. The smallest absolute Gasteiger partial charge is 0.238 e. The molecule has 248 valence electrons. The lowest BCUT2D eigenvalue weighted by atomic mass is 9.60. The van der Waals surface area contributed by atoms with E-state index in [9.17, 15) is 0 Å². The molecule has 0 spiro atoms. The van der Waals surface area contributed by atoms with E-state index in [-0.39, 0.29) is 38.7 Å². The first-order valence-electron chi connectivity index (χ1n) is 18.1. The number of hydrogen-bond donors (Lipinski definition) is 0. The highest BCUT2D eigenvalue weighted by Gasteiger charge is 2.24. The standard InChI is InChI=1S/C45H22B5N5O/c46-36-35(37(47)39(49)40(50)38(36)48)44-51-43(23-18-19-28-27-14-6-9-17-33(27)56-34(28)22-23)52-45(53-44)55-32-16-8-5-13-26(32)30-21-20-29-25-12-4-7-15-31(25)54(41(29)42(30)55)24-10-2-1-3-11-24/h1-22H. The van der Waals surface area contributed by atoms with Crippen LogP contribution in [0.3, 0.4) is 0 Å². The van der Waals surface area contributed by atoms with Crippen LogP contribution in [0, 0.1) is 0 Å². The summed E-state index contributed by atoms with van der Waals surface area (Å²) >= 11 is 0. The van der Waals surface area contributed by atoms with Gasteiger partial charge in [-0.15, -0.1) is 16.4 Å². The summed E-state index contributed by atoms with van der Waals surface area (Å²) in [5, 5.41) is 6.25. The van der Waals surface area contributed by atoms with Crippen LogP contribution in [0.2, 0.25) is 0 Å². The van der Waals surface area contributed by atoms with E-state index < -0.39 is 0 Å². The van der Waals surface area contributed by atoms with E-state index in [1.807, 2.05) is 72.8 Å². The Morgan fingerprint density at radius 2 is 0.929 bits per heavy atom. The molecule has 0 aliphatic rings. The van der Waals surface area contributed by atoms with Gasteiger partial charge in [-0.05, 0) is 42.5 Å². The van der Waals surface area contributed by atoms with Crippen LogP contribution in [0.5, 0.6) is 0 Å². The third-order valence-corrected chi connectivity index (χ3v) is 10.9. The van der Waals surface area contributed by atoms with E-state index in [0.717, 1.165) is 65.7 Å². The van der Waals surface area contributed by atoms with Gasteiger partial charge in [-0.2, -0.15) is 9.97 Å². The molecule has 0 N–H and O–H groups in total. The van der Waals surface area contributed by atoms with Gasteiger partial charge in [-0.3, -0.25) is 4.57 Å². The number of fused-ring (bicyclic) bond motifs is 10. The van der Waals surface area contributed by atoms with Crippen LogP contribution in [0.1, 0.15) is 0 Å². The zero-order valence-corrected chi connectivity index (χ0v) is 29.7. The fourth-order valence-corrected chi connectivity index (χ4v) is 8.21. The van der Waals surface area contributed by atoms with Gasteiger partial charge in [0.05, 0.1) is 22.1 Å². The summed E-state index contributed by atoms with van der Waals surface area (Å²) in [4.78, 5) is 15.4. The number of furan rings is 1. The van der Waals surface area contributed by atoms with Crippen molar-refractivity contribution in [3.8, 4) is 34.4 Å². The van der Waals surface area contributed by atoms with E-state index in [1.54, 1.807) is 0 Å². The van der Waals surface area contributed by atoms with Gasteiger partial charge in [0.15, 0.2) is 11.6 Å². The summed E-state index contributed by atoms with van der Waals surface area (Å²) in [5.74, 6) is 0.887. The van der Waals surface area contributed by atoms with Crippen LogP contribution in [0.15, 0.2) is 138 Å². The predicted octanol–water partition coefficient (Wildman–Crippen LogP) is 5.27. The molecule has 6 nitrogen and oxygen atoms in total. The predicted molar refractivity (Wildman–Crippen MR) is 234 cm³/mol. The Kier molecular flexibility index (Phi) is 7.08. The average molecular weight is 703 g/mol. The van der Waals surface area contributed by atoms with Crippen molar-refractivity contribution in [2.24, 2.45) is 0 Å². The quantitative estimate of drug-likeness (QED) is 0.235. The van der Waals surface area contributed by atoms with Gasteiger partial charge >= 0.3 is 0 Å². The minimum Gasteiger partial charge on any atom is -0.456 e. The average Bonchev–Trinajstić information content (AvgIpc) is 3.90. The van der Waals surface area contributed by atoms with Crippen LogP contribution in [0.25, 0.3) is 100.0 Å². The Labute approximate surface area is 327 Å². The highest BCUT2D eigenvalue weighted by molar-refractivity contribution is 6.68. The van der Waals surface area contributed by atoms with E-state index in [2.05, 4.69) is 69.8 Å². The Bertz CT molecular complexity index is 3410. The molecule has 0 saturated carbocycles. The number of hydrogen-bond acceptors (Lipinski definition) is 4. The summed E-state index contributed by atoms with van der Waals surface area (Å²) in [6, 6.07) is 45.3. The van der Waals surface area contributed by atoms with E-state index >= 15 is 0 Å². The zero-order valence-electron chi connectivity index (χ0n) is 29.7. The molecule has 0 bridgehead atoms. The summed E-state index contributed by atoms with van der Waals surface area (Å²) in [5.41, 5.74) is 7.90. The maximum atomic E-state index is 6.68. The normalized spacial score (nSPS) is 11.9. The molecule has 11 rings (SSSR count). The fraction of sp³-hybridized carbons (Fsp3) is 0. The Morgan fingerprint density at radius 1 is 0.411 bits per heavy atom. The van der Waals surface area contributed by atoms with E-state index in [1.165, 1.54) is 0 Å². The van der Waals surface area contributed by atoms with Crippen molar-refractivity contribution in [2.45, 2.75) is 0 Å². The lowest BCUT2D eigenvalue weighted by Crippen LogP contribution is -2.55. The number of aromatic nitrogens is 5. The van der Waals surface area contributed by atoms with Crippen molar-refractivity contribution >= 4 is 132 Å². The van der Waals surface area contributed by atoms with Gasteiger partial charge in [0.1, 0.15) is 50.4 Å². The van der Waals surface area contributed by atoms with Crippen LogP contribution in [0.4, 0.5) is 0 Å². The molecule has 4 aromatic heterocycles. The lowest BCUT2D eigenvalue weighted by Gasteiger charge is -2.21. The first kappa shape index (κ1) is 32.7. The van der Waals surface area contributed by atoms with Crippen LogP contribution >= 0.6 is 0 Å². The number of rotatable bonds is 4. The van der Waals surface area contributed by atoms with Crippen molar-refractivity contribution in [3.63, 3.8) is 0 Å². The number of nitrogens with zero attached hydrogens (tertiary/aromatic N) is 5. The molecule has 11 aromatic rings. The van der Waals surface area contributed by atoms with Crippen LogP contribution in [-0.4, -0.2) is 63.3 Å². The van der Waals surface area contributed by atoms with Crippen molar-refractivity contribution in [3.05, 3.63) is 133 Å². The highest BCUT2D eigenvalue weighted by atomic mass is 16.3. The maximum absolute atomic E-state index is 6.68. The molecule has 0 saturated heterocycles. The van der Waals surface area contributed by atoms with Crippen molar-refractivity contribution in [1.82, 2.24) is 24.1 Å². The van der Waals surface area contributed by atoms with E-state index in [4.69, 9.17) is 58.6 Å². The molecule has 0 aliphatic heterocycles. The van der Waals surface area contributed by atoms with Gasteiger partial charge in [-0.1, -0.05) is 102 Å². The first-order valence-corrected chi connectivity index (χ1v) is 18.1. The lowest BCUT2D eigenvalue weighted by molar-refractivity contribution is 0.669. The highest BCUT2D eigenvalue weighted by Crippen LogP contribution is 2.41. The number of benzene rings is 7. The largest absolute Gasteiger partial charge is 0.456 e. The third kappa shape index (κ3) is 4.60. The third-order valence-electron chi connectivity index (χ3n) is 10.9. The molecule has 56 heavy (non-hydrogen) atoms. The van der Waals surface area contributed by atoms with Crippen molar-refractivity contribution < 1.29 is 4.42 Å². The van der Waals surface area contributed by atoms with Crippen molar-refractivity contribution in [1.29, 1.82) is 0 Å². The van der Waals surface area contributed by atoms with Crippen molar-refractivity contribution in [2.75, 3.05) is 0 Å². The molecule has 4 heterocycles. The molecule has 11 heteroatoms. The molecular weight excluding hydrogens is 681 g/mol. The molecule has 0 unspecified atom stereocenters. The summed E-state index contributed by atoms with van der Waals surface area (Å²) in [7, 11) is 32.4. The number of para-hydroxylation sites is 4. The van der Waals surface area contributed by atoms with Gasteiger partial charge in [0.2, 0.25) is 5.95 Å². The summed E-state index contributed by atoms with van der Waals surface area (Å²) < 4.78 is 10.7. The Morgan fingerprint density at radius 3 is 1.62 bits per heavy atom. The molecule has 0 aliphatic carbocycles. The van der Waals surface area contributed by atoms with E-state index in [0.29, 0.717) is 22.9 Å².